The molecule has 0 radical (unpaired) electrons. The van der Waals surface area contributed by atoms with Crippen molar-refractivity contribution >= 4 is 5.78 Å². The van der Waals surface area contributed by atoms with Gasteiger partial charge >= 0.3 is 0 Å². The number of rotatable bonds is 7. The SMILES string of the molecule is CCC1(CC)CC(=O)CC(CC)(CC)N1OC(C)c1ccccc1. The Bertz CT molecular complexity index is 508. The Morgan fingerprint density at radius 3 is 1.83 bits per heavy atom. The van der Waals surface area contributed by atoms with Crippen LogP contribution < -0.4 is 0 Å². The van der Waals surface area contributed by atoms with E-state index in [2.05, 4.69) is 63.9 Å². The molecule has 24 heavy (non-hydrogen) atoms. The molecular weight excluding hydrogens is 298 g/mol. The normalized spacial score (nSPS) is 21.6. The number of hydrogen-bond acceptors (Lipinski definition) is 3. The molecule has 0 saturated carbocycles. The van der Waals surface area contributed by atoms with E-state index in [1.54, 1.807) is 0 Å². The van der Waals surface area contributed by atoms with Gasteiger partial charge in [-0.15, -0.1) is 0 Å². The van der Waals surface area contributed by atoms with Gasteiger partial charge in [0.1, 0.15) is 11.9 Å². The van der Waals surface area contributed by atoms with Crippen LogP contribution in [-0.4, -0.2) is 21.9 Å². The van der Waals surface area contributed by atoms with Crippen LogP contribution in [0.5, 0.6) is 0 Å². The van der Waals surface area contributed by atoms with Gasteiger partial charge in [-0.3, -0.25) is 9.63 Å². The van der Waals surface area contributed by atoms with E-state index in [1.807, 2.05) is 6.07 Å². The lowest BCUT2D eigenvalue weighted by atomic mass is 9.72. The molecule has 3 heteroatoms. The molecule has 1 aliphatic rings. The zero-order valence-corrected chi connectivity index (χ0v) is 16.0. The highest BCUT2D eigenvalue weighted by atomic mass is 16.7. The number of benzene rings is 1. The van der Waals surface area contributed by atoms with Gasteiger partial charge in [0.2, 0.25) is 0 Å². The molecule has 0 spiro atoms. The van der Waals surface area contributed by atoms with Crippen molar-refractivity contribution in [3.63, 3.8) is 0 Å². The van der Waals surface area contributed by atoms with Gasteiger partial charge in [0.25, 0.3) is 0 Å². The molecular formula is C21H33NO2. The molecule has 1 fully saturated rings. The van der Waals surface area contributed by atoms with Gasteiger partial charge < -0.3 is 0 Å². The molecule has 3 nitrogen and oxygen atoms in total. The van der Waals surface area contributed by atoms with E-state index in [9.17, 15) is 4.79 Å². The van der Waals surface area contributed by atoms with Gasteiger partial charge in [-0.1, -0.05) is 58.0 Å². The van der Waals surface area contributed by atoms with E-state index in [0.717, 1.165) is 25.7 Å². The van der Waals surface area contributed by atoms with Crippen molar-refractivity contribution < 1.29 is 9.63 Å². The summed E-state index contributed by atoms with van der Waals surface area (Å²) in [4.78, 5) is 19.2. The second-order valence-corrected chi connectivity index (χ2v) is 7.21. The number of hydrogen-bond donors (Lipinski definition) is 0. The lowest BCUT2D eigenvalue weighted by molar-refractivity contribution is -0.316. The molecule has 0 amide bonds. The van der Waals surface area contributed by atoms with Crippen LogP contribution in [0.2, 0.25) is 0 Å². The number of carbonyl (C=O) groups is 1. The lowest BCUT2D eigenvalue weighted by Gasteiger charge is -2.56. The second kappa shape index (κ2) is 7.79. The van der Waals surface area contributed by atoms with Crippen LogP contribution in [0.15, 0.2) is 30.3 Å². The molecule has 1 aliphatic heterocycles. The van der Waals surface area contributed by atoms with Crippen molar-refractivity contribution in [1.82, 2.24) is 5.06 Å². The Morgan fingerprint density at radius 1 is 0.958 bits per heavy atom. The highest BCUT2D eigenvalue weighted by Crippen LogP contribution is 2.46. The first-order valence-electron chi connectivity index (χ1n) is 9.50. The fourth-order valence-corrected chi connectivity index (χ4v) is 4.18. The number of Topliss-reactive ketones (excluding diaryl/α,β-unsaturated/α-hetero) is 1. The van der Waals surface area contributed by atoms with Crippen LogP contribution in [0.3, 0.4) is 0 Å². The third-order valence-electron chi connectivity index (χ3n) is 6.08. The molecule has 1 atom stereocenters. The highest BCUT2D eigenvalue weighted by Gasteiger charge is 2.52. The van der Waals surface area contributed by atoms with Crippen LogP contribution in [0.4, 0.5) is 0 Å². The largest absolute Gasteiger partial charge is 0.300 e. The molecule has 134 valence electrons. The topological polar surface area (TPSA) is 29.5 Å². The maximum atomic E-state index is 12.5. The van der Waals surface area contributed by atoms with Gasteiger partial charge in [0, 0.05) is 12.8 Å². The predicted molar refractivity (Wildman–Crippen MR) is 98.6 cm³/mol. The van der Waals surface area contributed by atoms with E-state index in [0.29, 0.717) is 18.6 Å². The van der Waals surface area contributed by atoms with Crippen LogP contribution in [0.25, 0.3) is 0 Å². The van der Waals surface area contributed by atoms with E-state index < -0.39 is 0 Å². The van der Waals surface area contributed by atoms with Gasteiger partial charge in [0.15, 0.2) is 0 Å². The standard InChI is InChI=1S/C21H33NO2/c1-6-20(7-2)15-19(23)16-21(8-3,9-4)22(20)24-17(5)18-13-11-10-12-14-18/h10-14,17H,6-9,15-16H2,1-5H3. The van der Waals surface area contributed by atoms with E-state index in [1.165, 1.54) is 5.56 Å². The summed E-state index contributed by atoms with van der Waals surface area (Å²) in [6.45, 7) is 10.8. The van der Waals surface area contributed by atoms with Gasteiger partial charge in [0.05, 0.1) is 11.1 Å². The summed E-state index contributed by atoms with van der Waals surface area (Å²) >= 11 is 0. The fraction of sp³-hybridized carbons (Fsp3) is 0.667. The second-order valence-electron chi connectivity index (χ2n) is 7.21. The molecule has 2 rings (SSSR count). The number of piperidine rings is 1. The minimum absolute atomic E-state index is 0.0191. The number of nitrogens with zero attached hydrogens (tertiary/aromatic N) is 1. The third-order valence-corrected chi connectivity index (χ3v) is 6.08. The maximum Gasteiger partial charge on any atom is 0.136 e. The molecule has 0 bridgehead atoms. The number of carbonyl (C=O) groups excluding carboxylic acids is 1. The van der Waals surface area contributed by atoms with Gasteiger partial charge in [-0.2, -0.15) is 5.06 Å². The molecule has 0 aliphatic carbocycles. The van der Waals surface area contributed by atoms with Crippen molar-refractivity contribution in [1.29, 1.82) is 0 Å². The maximum absolute atomic E-state index is 12.5. The van der Waals surface area contributed by atoms with E-state index in [-0.39, 0.29) is 17.2 Å². The van der Waals surface area contributed by atoms with E-state index >= 15 is 0 Å². The summed E-state index contributed by atoms with van der Waals surface area (Å²) < 4.78 is 0. The zero-order chi connectivity index (χ0) is 17.8. The molecule has 1 unspecified atom stereocenters. The summed E-state index contributed by atoms with van der Waals surface area (Å²) in [6, 6.07) is 10.3. The Balaban J connectivity index is 2.39. The smallest absolute Gasteiger partial charge is 0.136 e. The van der Waals surface area contributed by atoms with Crippen molar-refractivity contribution in [2.24, 2.45) is 0 Å². The highest BCUT2D eigenvalue weighted by molar-refractivity contribution is 5.82. The first kappa shape index (κ1) is 19.1. The summed E-state index contributed by atoms with van der Waals surface area (Å²) in [7, 11) is 0. The summed E-state index contributed by atoms with van der Waals surface area (Å²) in [5.74, 6) is 0.384. The summed E-state index contributed by atoms with van der Waals surface area (Å²) in [6.07, 6.45) is 4.90. The molecule has 0 aromatic heterocycles. The van der Waals surface area contributed by atoms with Crippen molar-refractivity contribution in [3.05, 3.63) is 35.9 Å². The third kappa shape index (κ3) is 3.43. The predicted octanol–water partition coefficient (Wildman–Crippen LogP) is 5.46. The zero-order valence-electron chi connectivity index (χ0n) is 16.0. The molecule has 1 aromatic carbocycles. The Morgan fingerprint density at radius 2 is 1.42 bits per heavy atom. The van der Waals surface area contributed by atoms with Crippen molar-refractivity contribution in [2.75, 3.05) is 0 Å². The molecule has 1 heterocycles. The van der Waals surface area contributed by atoms with Crippen molar-refractivity contribution in [2.45, 2.75) is 90.3 Å². The van der Waals surface area contributed by atoms with Crippen LogP contribution in [0.1, 0.15) is 84.8 Å². The van der Waals surface area contributed by atoms with Crippen LogP contribution in [-0.2, 0) is 9.63 Å². The molecule has 1 aromatic rings. The van der Waals surface area contributed by atoms with Crippen LogP contribution >= 0.6 is 0 Å². The minimum Gasteiger partial charge on any atom is -0.300 e. The van der Waals surface area contributed by atoms with Crippen LogP contribution in [0, 0.1) is 0 Å². The average molecular weight is 332 g/mol. The molecule has 0 N–H and O–H groups in total. The first-order valence-corrected chi connectivity index (χ1v) is 9.50. The minimum atomic E-state index is -0.190. The number of hydroxylamine groups is 2. The quantitative estimate of drug-likeness (QED) is 0.664. The molecule has 1 saturated heterocycles. The first-order chi connectivity index (χ1) is 11.5. The summed E-state index contributed by atoms with van der Waals surface area (Å²) in [5, 5.41) is 2.25. The fourth-order valence-electron chi connectivity index (χ4n) is 4.18. The Hall–Kier alpha value is -1.19. The Labute approximate surface area is 147 Å². The van der Waals surface area contributed by atoms with E-state index in [4.69, 9.17) is 4.84 Å². The average Bonchev–Trinajstić information content (AvgIpc) is 2.63. The Kier molecular flexibility index (Phi) is 6.22. The number of ketones is 1. The summed E-state index contributed by atoms with van der Waals surface area (Å²) in [5.41, 5.74) is 0.797. The monoisotopic (exact) mass is 331 g/mol. The van der Waals surface area contributed by atoms with Gasteiger partial charge in [-0.25, -0.2) is 0 Å². The lowest BCUT2D eigenvalue weighted by Crippen LogP contribution is -2.65. The van der Waals surface area contributed by atoms with Crippen molar-refractivity contribution in [3.8, 4) is 0 Å². The van der Waals surface area contributed by atoms with Gasteiger partial charge in [-0.05, 0) is 38.2 Å².